The molecule has 1 aromatic carbocycles. The fraction of sp³-hybridized carbons (Fsp3) is 0.500. The third kappa shape index (κ3) is 5.01. The van der Waals surface area contributed by atoms with Crippen LogP contribution in [0.2, 0.25) is 0 Å². The van der Waals surface area contributed by atoms with Crippen molar-refractivity contribution in [2.24, 2.45) is 13.0 Å². The second-order valence-electron chi connectivity index (χ2n) is 6.15. The summed E-state index contributed by atoms with van der Waals surface area (Å²) in [6.07, 6.45) is 6.04. The van der Waals surface area contributed by atoms with E-state index in [0.29, 0.717) is 11.8 Å². The first kappa shape index (κ1) is 15.8. The lowest BCUT2D eigenvalue weighted by Gasteiger charge is -2.19. The lowest BCUT2D eigenvalue weighted by molar-refractivity contribution is 0.496. The summed E-state index contributed by atoms with van der Waals surface area (Å²) in [6, 6.07) is 10.8. The van der Waals surface area contributed by atoms with Gasteiger partial charge in [0.1, 0.15) is 5.82 Å². The van der Waals surface area contributed by atoms with Gasteiger partial charge < -0.3 is 9.88 Å². The standard InChI is InChI=1S/C18H27N3/c1-15(2)13-19-14-17(16-7-5-4-6-8-16)9-10-18-20-11-12-21(18)3/h4-8,11-12,15,17,19H,9-10,13-14H2,1-3H3. The lowest BCUT2D eigenvalue weighted by atomic mass is 9.94. The van der Waals surface area contributed by atoms with Crippen LogP contribution in [0.3, 0.4) is 0 Å². The van der Waals surface area contributed by atoms with Crippen molar-refractivity contribution in [3.63, 3.8) is 0 Å². The van der Waals surface area contributed by atoms with E-state index in [4.69, 9.17) is 0 Å². The molecule has 2 rings (SSSR count). The number of aryl methyl sites for hydroxylation is 2. The molecule has 1 aromatic heterocycles. The number of aromatic nitrogens is 2. The monoisotopic (exact) mass is 285 g/mol. The zero-order valence-electron chi connectivity index (χ0n) is 13.4. The maximum atomic E-state index is 4.43. The summed E-state index contributed by atoms with van der Waals surface area (Å²) in [4.78, 5) is 4.43. The van der Waals surface area contributed by atoms with Gasteiger partial charge in [-0.25, -0.2) is 4.98 Å². The van der Waals surface area contributed by atoms with Crippen LogP contribution >= 0.6 is 0 Å². The van der Waals surface area contributed by atoms with Gasteiger partial charge in [0.05, 0.1) is 0 Å². The van der Waals surface area contributed by atoms with Crippen LogP contribution in [0.25, 0.3) is 0 Å². The zero-order valence-corrected chi connectivity index (χ0v) is 13.4. The normalized spacial score (nSPS) is 12.8. The van der Waals surface area contributed by atoms with Gasteiger partial charge in [-0.05, 0) is 30.4 Å². The van der Waals surface area contributed by atoms with Crippen LogP contribution in [-0.2, 0) is 13.5 Å². The summed E-state index contributed by atoms with van der Waals surface area (Å²) >= 11 is 0. The topological polar surface area (TPSA) is 29.9 Å². The highest BCUT2D eigenvalue weighted by Crippen LogP contribution is 2.20. The number of hydrogen-bond acceptors (Lipinski definition) is 2. The van der Waals surface area contributed by atoms with Crippen molar-refractivity contribution < 1.29 is 0 Å². The first-order chi connectivity index (χ1) is 10.2. The molecule has 21 heavy (non-hydrogen) atoms. The molecule has 0 amide bonds. The molecule has 0 aliphatic rings. The Morgan fingerprint density at radius 1 is 1.14 bits per heavy atom. The predicted molar refractivity (Wildman–Crippen MR) is 88.4 cm³/mol. The number of rotatable bonds is 8. The average molecular weight is 285 g/mol. The molecule has 0 fully saturated rings. The lowest BCUT2D eigenvalue weighted by Crippen LogP contribution is -2.26. The molecule has 1 unspecified atom stereocenters. The molecule has 0 spiro atoms. The van der Waals surface area contributed by atoms with Crippen molar-refractivity contribution in [1.82, 2.24) is 14.9 Å². The smallest absolute Gasteiger partial charge is 0.108 e. The summed E-state index contributed by atoms with van der Waals surface area (Å²) in [6.45, 7) is 6.61. The van der Waals surface area contributed by atoms with Gasteiger partial charge in [-0.1, -0.05) is 44.2 Å². The van der Waals surface area contributed by atoms with E-state index >= 15 is 0 Å². The van der Waals surface area contributed by atoms with Crippen molar-refractivity contribution in [3.8, 4) is 0 Å². The molecule has 2 aromatic rings. The maximum Gasteiger partial charge on any atom is 0.108 e. The van der Waals surface area contributed by atoms with E-state index in [1.807, 2.05) is 12.4 Å². The average Bonchev–Trinajstić information content (AvgIpc) is 2.88. The van der Waals surface area contributed by atoms with E-state index in [-0.39, 0.29) is 0 Å². The summed E-state index contributed by atoms with van der Waals surface area (Å²) in [5.41, 5.74) is 1.42. The van der Waals surface area contributed by atoms with Gasteiger partial charge in [0.25, 0.3) is 0 Å². The number of benzene rings is 1. The molecule has 114 valence electrons. The number of nitrogens with one attached hydrogen (secondary N) is 1. The van der Waals surface area contributed by atoms with E-state index in [1.54, 1.807) is 0 Å². The summed E-state index contributed by atoms with van der Waals surface area (Å²) in [5.74, 6) is 2.40. The van der Waals surface area contributed by atoms with Crippen LogP contribution in [-0.4, -0.2) is 22.6 Å². The Hall–Kier alpha value is -1.61. The Labute approximate surface area is 128 Å². The van der Waals surface area contributed by atoms with Gasteiger partial charge in [0.15, 0.2) is 0 Å². The second-order valence-corrected chi connectivity index (χ2v) is 6.15. The van der Waals surface area contributed by atoms with Crippen molar-refractivity contribution in [3.05, 3.63) is 54.1 Å². The first-order valence-corrected chi connectivity index (χ1v) is 7.88. The molecule has 0 radical (unpaired) electrons. The first-order valence-electron chi connectivity index (χ1n) is 7.88. The number of nitrogens with zero attached hydrogens (tertiary/aromatic N) is 2. The van der Waals surface area contributed by atoms with E-state index < -0.39 is 0 Å². The quantitative estimate of drug-likeness (QED) is 0.806. The van der Waals surface area contributed by atoms with Gasteiger partial charge in [-0.15, -0.1) is 0 Å². The second kappa shape index (κ2) is 7.99. The van der Waals surface area contributed by atoms with Crippen LogP contribution < -0.4 is 5.32 Å². The van der Waals surface area contributed by atoms with Crippen LogP contribution in [0.5, 0.6) is 0 Å². The molecule has 1 N–H and O–H groups in total. The third-order valence-electron chi connectivity index (χ3n) is 3.85. The van der Waals surface area contributed by atoms with E-state index in [1.165, 1.54) is 11.4 Å². The maximum absolute atomic E-state index is 4.43. The highest BCUT2D eigenvalue weighted by atomic mass is 15.0. The predicted octanol–water partition coefficient (Wildman–Crippen LogP) is 3.38. The van der Waals surface area contributed by atoms with Crippen LogP contribution in [0, 0.1) is 5.92 Å². The van der Waals surface area contributed by atoms with Crippen LogP contribution in [0.1, 0.15) is 37.6 Å². The molecular weight excluding hydrogens is 258 g/mol. The Balaban J connectivity index is 1.96. The fourth-order valence-corrected chi connectivity index (χ4v) is 2.60. The van der Waals surface area contributed by atoms with Crippen molar-refractivity contribution in [1.29, 1.82) is 0 Å². The third-order valence-corrected chi connectivity index (χ3v) is 3.85. The molecule has 3 nitrogen and oxygen atoms in total. The summed E-state index contributed by atoms with van der Waals surface area (Å²) in [5, 5.41) is 3.60. The molecule has 0 bridgehead atoms. The van der Waals surface area contributed by atoms with Gasteiger partial charge >= 0.3 is 0 Å². The molecule has 0 saturated heterocycles. The minimum atomic E-state index is 0.543. The summed E-state index contributed by atoms with van der Waals surface area (Å²) < 4.78 is 2.11. The van der Waals surface area contributed by atoms with Gasteiger partial charge in [0.2, 0.25) is 0 Å². The number of hydrogen-bond donors (Lipinski definition) is 1. The molecular formula is C18H27N3. The van der Waals surface area contributed by atoms with E-state index in [9.17, 15) is 0 Å². The van der Waals surface area contributed by atoms with Gasteiger partial charge in [-0.3, -0.25) is 0 Å². The molecule has 0 saturated carbocycles. The van der Waals surface area contributed by atoms with E-state index in [0.717, 1.165) is 25.9 Å². The Kier molecular flexibility index (Phi) is 6.00. The Morgan fingerprint density at radius 3 is 2.52 bits per heavy atom. The molecule has 1 atom stereocenters. The summed E-state index contributed by atoms with van der Waals surface area (Å²) in [7, 11) is 2.07. The Bertz CT molecular complexity index is 516. The van der Waals surface area contributed by atoms with Crippen molar-refractivity contribution in [2.75, 3.05) is 13.1 Å². The van der Waals surface area contributed by atoms with Crippen LogP contribution in [0.4, 0.5) is 0 Å². The molecule has 0 aliphatic carbocycles. The van der Waals surface area contributed by atoms with Gasteiger partial charge in [-0.2, -0.15) is 0 Å². The molecule has 3 heteroatoms. The van der Waals surface area contributed by atoms with Crippen molar-refractivity contribution in [2.45, 2.75) is 32.6 Å². The number of imidazole rings is 1. The minimum absolute atomic E-state index is 0.543. The largest absolute Gasteiger partial charge is 0.338 e. The highest BCUT2D eigenvalue weighted by Gasteiger charge is 2.12. The van der Waals surface area contributed by atoms with Crippen molar-refractivity contribution >= 4 is 0 Å². The molecule has 1 heterocycles. The highest BCUT2D eigenvalue weighted by molar-refractivity contribution is 5.20. The minimum Gasteiger partial charge on any atom is -0.338 e. The van der Waals surface area contributed by atoms with Gasteiger partial charge in [0, 0.05) is 32.4 Å². The molecule has 0 aliphatic heterocycles. The fourth-order valence-electron chi connectivity index (χ4n) is 2.60. The SMILES string of the molecule is CC(C)CNCC(CCc1nccn1C)c1ccccc1. The van der Waals surface area contributed by atoms with E-state index in [2.05, 4.69) is 66.1 Å². The Morgan fingerprint density at radius 2 is 1.90 bits per heavy atom. The van der Waals surface area contributed by atoms with Crippen LogP contribution in [0.15, 0.2) is 42.7 Å². The zero-order chi connectivity index (χ0) is 15.1.